The van der Waals surface area contributed by atoms with Crippen LogP contribution < -0.4 is 5.32 Å². The van der Waals surface area contributed by atoms with Gasteiger partial charge in [0.1, 0.15) is 0 Å². The van der Waals surface area contributed by atoms with Crippen LogP contribution in [0, 0.1) is 12.8 Å². The average Bonchev–Trinajstić information content (AvgIpc) is 3.32. The number of carbonyl (C=O) groups is 1. The maximum absolute atomic E-state index is 12.3. The number of piperidine rings is 1. The molecule has 1 heterocycles. The van der Waals surface area contributed by atoms with Crippen molar-refractivity contribution < 1.29 is 4.79 Å². The van der Waals surface area contributed by atoms with Gasteiger partial charge >= 0.3 is 0 Å². The lowest BCUT2D eigenvalue weighted by molar-refractivity contribution is -0.131. The number of benzene rings is 1. The number of amides is 1. The van der Waals surface area contributed by atoms with E-state index in [9.17, 15) is 4.79 Å². The van der Waals surface area contributed by atoms with Gasteiger partial charge in [0.05, 0.1) is 6.42 Å². The number of carbonyl (C=O) groups excluding carboxylic acids is 1. The summed E-state index contributed by atoms with van der Waals surface area (Å²) >= 11 is 0. The van der Waals surface area contributed by atoms with Gasteiger partial charge in [0, 0.05) is 19.1 Å². The highest BCUT2D eigenvalue weighted by atomic mass is 16.2. The minimum atomic E-state index is 0.277. The molecular weight excluding hydrogens is 260 g/mol. The van der Waals surface area contributed by atoms with Gasteiger partial charge in [-0.25, -0.2) is 0 Å². The van der Waals surface area contributed by atoms with Gasteiger partial charge in [-0.2, -0.15) is 0 Å². The van der Waals surface area contributed by atoms with Crippen LogP contribution in [0.15, 0.2) is 24.3 Å². The maximum Gasteiger partial charge on any atom is 0.226 e. The molecule has 2 fully saturated rings. The maximum atomic E-state index is 12.3. The van der Waals surface area contributed by atoms with E-state index >= 15 is 0 Å². The molecule has 1 saturated carbocycles. The number of nitrogens with one attached hydrogen (secondary N) is 1. The summed E-state index contributed by atoms with van der Waals surface area (Å²) < 4.78 is 0. The van der Waals surface area contributed by atoms with Crippen molar-refractivity contribution in [1.29, 1.82) is 0 Å². The summed E-state index contributed by atoms with van der Waals surface area (Å²) in [6.07, 6.45) is 5.56. The molecule has 21 heavy (non-hydrogen) atoms. The topological polar surface area (TPSA) is 32.3 Å². The van der Waals surface area contributed by atoms with Crippen molar-refractivity contribution in [1.82, 2.24) is 10.2 Å². The summed E-state index contributed by atoms with van der Waals surface area (Å²) in [5.41, 5.74) is 2.37. The Bertz CT molecular complexity index is 470. The number of hydrogen-bond acceptors (Lipinski definition) is 2. The third-order valence-electron chi connectivity index (χ3n) is 4.72. The molecule has 1 N–H and O–H groups in total. The minimum Gasteiger partial charge on any atom is -0.342 e. The molecule has 0 spiro atoms. The van der Waals surface area contributed by atoms with Crippen molar-refractivity contribution in [3.8, 4) is 0 Å². The second kappa shape index (κ2) is 6.61. The number of rotatable bonds is 5. The van der Waals surface area contributed by atoms with Gasteiger partial charge in [0.25, 0.3) is 0 Å². The number of nitrogens with zero attached hydrogens (tertiary/aromatic N) is 1. The zero-order valence-electron chi connectivity index (χ0n) is 13.0. The van der Waals surface area contributed by atoms with Gasteiger partial charge in [0.2, 0.25) is 5.91 Å². The molecule has 3 nitrogen and oxygen atoms in total. The highest BCUT2D eigenvalue weighted by Crippen LogP contribution is 2.28. The molecule has 1 aromatic carbocycles. The minimum absolute atomic E-state index is 0.277. The quantitative estimate of drug-likeness (QED) is 0.902. The van der Waals surface area contributed by atoms with E-state index in [4.69, 9.17) is 0 Å². The SMILES string of the molecule is Cc1ccc(CC(=O)N2CCC(NCC3CC3)CC2)cc1. The molecule has 1 amide bonds. The normalized spacial score (nSPS) is 19.8. The lowest BCUT2D eigenvalue weighted by Gasteiger charge is -2.32. The second-order valence-corrected chi connectivity index (χ2v) is 6.67. The lowest BCUT2D eigenvalue weighted by Crippen LogP contribution is -2.45. The second-order valence-electron chi connectivity index (χ2n) is 6.67. The van der Waals surface area contributed by atoms with Gasteiger partial charge in [-0.05, 0) is 50.6 Å². The summed E-state index contributed by atoms with van der Waals surface area (Å²) in [7, 11) is 0. The zero-order chi connectivity index (χ0) is 14.7. The summed E-state index contributed by atoms with van der Waals surface area (Å²) in [4.78, 5) is 14.4. The third-order valence-corrected chi connectivity index (χ3v) is 4.72. The van der Waals surface area contributed by atoms with Crippen LogP contribution in [0.3, 0.4) is 0 Å². The Labute approximate surface area is 127 Å². The van der Waals surface area contributed by atoms with Gasteiger partial charge < -0.3 is 10.2 Å². The molecule has 1 aliphatic heterocycles. The van der Waals surface area contributed by atoms with Crippen LogP contribution in [0.2, 0.25) is 0 Å². The Morgan fingerprint density at radius 2 is 1.81 bits per heavy atom. The van der Waals surface area contributed by atoms with Gasteiger partial charge in [-0.15, -0.1) is 0 Å². The molecule has 2 aliphatic rings. The van der Waals surface area contributed by atoms with Gasteiger partial charge in [0.15, 0.2) is 0 Å². The average molecular weight is 286 g/mol. The Balaban J connectivity index is 1.42. The van der Waals surface area contributed by atoms with Crippen molar-refractivity contribution in [2.75, 3.05) is 19.6 Å². The van der Waals surface area contributed by atoms with E-state index in [1.54, 1.807) is 0 Å². The Morgan fingerprint density at radius 1 is 1.14 bits per heavy atom. The monoisotopic (exact) mass is 286 g/mol. The number of hydrogen-bond donors (Lipinski definition) is 1. The van der Waals surface area contributed by atoms with E-state index in [1.165, 1.54) is 24.9 Å². The Hall–Kier alpha value is -1.35. The van der Waals surface area contributed by atoms with Crippen molar-refractivity contribution in [3.63, 3.8) is 0 Å². The van der Waals surface area contributed by atoms with Crippen LogP contribution in [-0.4, -0.2) is 36.5 Å². The molecule has 3 rings (SSSR count). The number of likely N-dealkylation sites (tertiary alicyclic amines) is 1. The Morgan fingerprint density at radius 3 is 2.43 bits per heavy atom. The number of aryl methyl sites for hydroxylation is 1. The van der Waals surface area contributed by atoms with E-state index in [0.29, 0.717) is 12.5 Å². The molecule has 114 valence electrons. The summed E-state index contributed by atoms with van der Waals surface area (Å²) in [6.45, 7) is 5.08. The first-order valence-corrected chi connectivity index (χ1v) is 8.27. The van der Waals surface area contributed by atoms with Crippen LogP contribution in [-0.2, 0) is 11.2 Å². The molecule has 0 unspecified atom stereocenters. The highest BCUT2D eigenvalue weighted by Gasteiger charge is 2.25. The largest absolute Gasteiger partial charge is 0.342 e. The van der Waals surface area contributed by atoms with Gasteiger partial charge in [-0.1, -0.05) is 29.8 Å². The van der Waals surface area contributed by atoms with E-state index in [1.807, 2.05) is 4.90 Å². The van der Waals surface area contributed by atoms with E-state index in [-0.39, 0.29) is 5.91 Å². The van der Waals surface area contributed by atoms with E-state index < -0.39 is 0 Å². The fraction of sp³-hybridized carbons (Fsp3) is 0.611. The Kier molecular flexibility index (Phi) is 4.59. The molecule has 0 aromatic heterocycles. The van der Waals surface area contributed by atoms with Crippen LogP contribution in [0.4, 0.5) is 0 Å². The summed E-state index contributed by atoms with van der Waals surface area (Å²) in [5.74, 6) is 1.21. The molecule has 1 aliphatic carbocycles. The standard InChI is InChI=1S/C18H26N2O/c1-14-2-4-15(5-3-14)12-18(21)20-10-8-17(9-11-20)19-13-16-6-7-16/h2-5,16-17,19H,6-13H2,1H3. The van der Waals surface area contributed by atoms with Crippen molar-refractivity contribution >= 4 is 5.91 Å². The fourth-order valence-corrected chi connectivity index (χ4v) is 2.98. The van der Waals surface area contributed by atoms with Crippen molar-refractivity contribution in [3.05, 3.63) is 35.4 Å². The predicted octanol–water partition coefficient (Wildman–Crippen LogP) is 2.53. The van der Waals surface area contributed by atoms with Crippen molar-refractivity contribution in [2.45, 2.75) is 45.1 Å². The molecule has 0 radical (unpaired) electrons. The molecular formula is C18H26N2O. The smallest absolute Gasteiger partial charge is 0.226 e. The van der Waals surface area contributed by atoms with Crippen LogP contribution in [0.25, 0.3) is 0 Å². The summed E-state index contributed by atoms with van der Waals surface area (Å²) in [5, 5.41) is 3.66. The van der Waals surface area contributed by atoms with Crippen LogP contribution in [0.5, 0.6) is 0 Å². The first kappa shape index (κ1) is 14.6. The summed E-state index contributed by atoms with van der Waals surface area (Å²) in [6, 6.07) is 8.91. The highest BCUT2D eigenvalue weighted by molar-refractivity contribution is 5.78. The van der Waals surface area contributed by atoms with E-state index in [0.717, 1.165) is 37.4 Å². The molecule has 0 atom stereocenters. The van der Waals surface area contributed by atoms with Crippen LogP contribution in [0.1, 0.15) is 36.8 Å². The van der Waals surface area contributed by atoms with Crippen LogP contribution >= 0.6 is 0 Å². The molecule has 3 heteroatoms. The first-order valence-electron chi connectivity index (χ1n) is 8.27. The van der Waals surface area contributed by atoms with E-state index in [2.05, 4.69) is 36.5 Å². The predicted molar refractivity (Wildman–Crippen MR) is 85.2 cm³/mol. The molecule has 0 bridgehead atoms. The molecule has 1 saturated heterocycles. The lowest BCUT2D eigenvalue weighted by atomic mass is 10.0. The van der Waals surface area contributed by atoms with Crippen molar-refractivity contribution in [2.24, 2.45) is 5.92 Å². The van der Waals surface area contributed by atoms with Gasteiger partial charge in [-0.3, -0.25) is 4.79 Å². The zero-order valence-corrected chi connectivity index (χ0v) is 13.0. The first-order chi connectivity index (χ1) is 10.2. The fourth-order valence-electron chi connectivity index (χ4n) is 2.98. The third kappa shape index (κ3) is 4.31. The molecule has 1 aromatic rings.